The van der Waals surface area contributed by atoms with Crippen molar-refractivity contribution in [3.63, 3.8) is 0 Å². The van der Waals surface area contributed by atoms with Gasteiger partial charge in [-0.15, -0.1) is 0 Å². The van der Waals surface area contributed by atoms with Crippen LogP contribution in [-0.2, 0) is 20.7 Å². The molecule has 0 fully saturated rings. The third-order valence-electron chi connectivity index (χ3n) is 5.30. The first kappa shape index (κ1) is 22.9. The van der Waals surface area contributed by atoms with Crippen LogP contribution >= 0.6 is 0 Å². The summed E-state index contributed by atoms with van der Waals surface area (Å²) in [6.45, 7) is 0.0381. The first-order valence-electron chi connectivity index (χ1n) is 10.2. The maximum Gasteiger partial charge on any atom is 0.320 e. The van der Waals surface area contributed by atoms with Crippen molar-refractivity contribution in [3.8, 4) is 11.5 Å². The molecule has 0 heterocycles. The molecule has 6 nitrogen and oxygen atoms in total. The van der Waals surface area contributed by atoms with Crippen LogP contribution in [0.15, 0.2) is 78.9 Å². The van der Waals surface area contributed by atoms with Crippen LogP contribution in [0, 0.1) is 5.92 Å². The quantitative estimate of drug-likeness (QED) is 0.378. The average Bonchev–Trinajstić information content (AvgIpc) is 2.83. The van der Waals surface area contributed by atoms with Crippen LogP contribution in [0.3, 0.4) is 0 Å². The van der Waals surface area contributed by atoms with Crippen molar-refractivity contribution in [3.05, 3.63) is 95.6 Å². The number of carboxylic acids is 1. The van der Waals surface area contributed by atoms with Crippen LogP contribution in [0.5, 0.6) is 11.5 Å². The molecule has 0 radical (unpaired) electrons. The molecule has 0 saturated heterocycles. The van der Waals surface area contributed by atoms with E-state index in [9.17, 15) is 14.7 Å². The zero-order valence-electron chi connectivity index (χ0n) is 18.1. The minimum Gasteiger partial charge on any atom is -0.497 e. The molecule has 32 heavy (non-hydrogen) atoms. The molecule has 0 aliphatic heterocycles. The fourth-order valence-electron chi connectivity index (χ4n) is 3.53. The molecule has 6 heteroatoms. The van der Waals surface area contributed by atoms with E-state index < -0.39 is 17.9 Å². The molecule has 3 rings (SSSR count). The Kier molecular flexibility index (Phi) is 7.86. The zero-order chi connectivity index (χ0) is 22.9. The second-order valence-electron chi connectivity index (χ2n) is 7.28. The van der Waals surface area contributed by atoms with Gasteiger partial charge in [0.2, 0.25) is 0 Å². The Hall–Kier alpha value is -3.80. The number of aliphatic carboxylic acids is 1. The smallest absolute Gasteiger partial charge is 0.320 e. The largest absolute Gasteiger partial charge is 0.497 e. The lowest BCUT2D eigenvalue weighted by Crippen LogP contribution is -2.29. The van der Waals surface area contributed by atoms with Gasteiger partial charge in [0.1, 0.15) is 18.1 Å². The lowest BCUT2D eigenvalue weighted by molar-refractivity contribution is -0.158. The van der Waals surface area contributed by atoms with E-state index >= 15 is 0 Å². The van der Waals surface area contributed by atoms with Crippen molar-refractivity contribution in [2.24, 2.45) is 5.92 Å². The number of esters is 1. The summed E-state index contributed by atoms with van der Waals surface area (Å²) in [7, 11) is 3.01. The summed E-state index contributed by atoms with van der Waals surface area (Å²) in [5, 5.41) is 9.70. The molecule has 1 unspecified atom stereocenters. The summed E-state index contributed by atoms with van der Waals surface area (Å²) in [5.74, 6) is -2.56. The minimum absolute atomic E-state index is 0.0381. The maximum absolute atomic E-state index is 12.8. The van der Waals surface area contributed by atoms with Crippen LogP contribution in [0.4, 0.5) is 0 Å². The average molecular weight is 434 g/mol. The van der Waals surface area contributed by atoms with Crippen molar-refractivity contribution in [2.75, 3.05) is 20.8 Å². The highest BCUT2D eigenvalue weighted by Gasteiger charge is 2.30. The Morgan fingerprint density at radius 2 is 1.44 bits per heavy atom. The van der Waals surface area contributed by atoms with Crippen LogP contribution in [-0.4, -0.2) is 37.9 Å². The Morgan fingerprint density at radius 3 is 1.94 bits per heavy atom. The predicted octanol–water partition coefficient (Wildman–Crippen LogP) is 4.32. The molecule has 3 aromatic rings. The number of hydrogen-bond donors (Lipinski definition) is 1. The van der Waals surface area contributed by atoms with Crippen LogP contribution in [0.2, 0.25) is 0 Å². The predicted molar refractivity (Wildman–Crippen MR) is 120 cm³/mol. The summed E-state index contributed by atoms with van der Waals surface area (Å²) in [4.78, 5) is 24.7. The number of carboxylic acid groups (broad SMARTS) is 1. The fourth-order valence-corrected chi connectivity index (χ4v) is 3.53. The highest BCUT2D eigenvalue weighted by molar-refractivity contribution is 5.94. The topological polar surface area (TPSA) is 82.1 Å². The molecule has 0 aromatic heterocycles. The molecule has 0 aliphatic carbocycles. The normalized spacial score (nSPS) is 11.6. The number of hydrogen-bond acceptors (Lipinski definition) is 5. The van der Waals surface area contributed by atoms with Crippen molar-refractivity contribution < 1.29 is 28.9 Å². The number of carbonyl (C=O) groups excluding carboxylic acids is 1. The summed E-state index contributed by atoms with van der Waals surface area (Å²) in [5.41, 5.74) is 2.55. The van der Waals surface area contributed by atoms with Crippen molar-refractivity contribution in [1.29, 1.82) is 0 Å². The Labute approximate surface area is 187 Å². The van der Waals surface area contributed by atoms with Gasteiger partial charge in [0.05, 0.1) is 14.2 Å². The third kappa shape index (κ3) is 5.66. The summed E-state index contributed by atoms with van der Waals surface area (Å²) in [6, 6.07) is 24.4. The minimum atomic E-state index is -1.36. The second-order valence-corrected chi connectivity index (χ2v) is 7.28. The molecular formula is C26H26O6. The van der Waals surface area contributed by atoms with Crippen molar-refractivity contribution in [1.82, 2.24) is 0 Å². The second kappa shape index (κ2) is 11.0. The first-order valence-corrected chi connectivity index (χ1v) is 10.2. The van der Waals surface area contributed by atoms with E-state index in [-0.39, 0.29) is 18.9 Å². The van der Waals surface area contributed by atoms with Gasteiger partial charge in [-0.05, 0) is 29.2 Å². The van der Waals surface area contributed by atoms with E-state index in [1.54, 1.807) is 18.2 Å². The van der Waals surface area contributed by atoms with E-state index in [2.05, 4.69) is 0 Å². The molecule has 0 spiro atoms. The molecule has 1 N–H and O–H groups in total. The summed E-state index contributed by atoms with van der Waals surface area (Å²) in [6.07, 6.45) is -0.0529. The van der Waals surface area contributed by atoms with Gasteiger partial charge in [-0.25, -0.2) is 0 Å². The van der Waals surface area contributed by atoms with Gasteiger partial charge >= 0.3 is 11.9 Å². The summed E-state index contributed by atoms with van der Waals surface area (Å²) < 4.78 is 16.1. The van der Waals surface area contributed by atoms with E-state index in [4.69, 9.17) is 14.2 Å². The summed E-state index contributed by atoms with van der Waals surface area (Å²) >= 11 is 0. The van der Waals surface area contributed by atoms with Gasteiger partial charge in [0.25, 0.3) is 0 Å². The van der Waals surface area contributed by atoms with E-state index in [0.717, 1.165) is 11.1 Å². The van der Waals surface area contributed by atoms with Gasteiger partial charge in [-0.2, -0.15) is 0 Å². The Bertz CT molecular complexity index is 993. The number of ether oxygens (including phenoxy) is 3. The van der Waals surface area contributed by atoms with Crippen LogP contribution in [0.25, 0.3) is 0 Å². The van der Waals surface area contributed by atoms with E-state index in [1.165, 1.54) is 14.2 Å². The van der Waals surface area contributed by atoms with Gasteiger partial charge in [-0.3, -0.25) is 9.59 Å². The van der Waals surface area contributed by atoms with Crippen molar-refractivity contribution in [2.45, 2.75) is 12.3 Å². The Balaban J connectivity index is 1.77. The van der Waals surface area contributed by atoms with E-state index in [0.29, 0.717) is 17.1 Å². The SMILES string of the molecule is COc1ccc(CC(C(=O)O)C(=O)OCC(c2ccccc2)c2ccccc2)c(OC)c1. The van der Waals surface area contributed by atoms with Crippen LogP contribution < -0.4 is 9.47 Å². The molecule has 1 atom stereocenters. The van der Waals surface area contributed by atoms with E-state index in [1.807, 2.05) is 60.7 Å². The molecule has 166 valence electrons. The van der Waals surface area contributed by atoms with Crippen molar-refractivity contribution >= 4 is 11.9 Å². The van der Waals surface area contributed by atoms with Gasteiger partial charge < -0.3 is 19.3 Å². The van der Waals surface area contributed by atoms with Crippen LogP contribution in [0.1, 0.15) is 22.6 Å². The third-order valence-corrected chi connectivity index (χ3v) is 5.30. The zero-order valence-corrected chi connectivity index (χ0v) is 18.1. The lowest BCUT2D eigenvalue weighted by atomic mass is 9.92. The highest BCUT2D eigenvalue weighted by Crippen LogP contribution is 2.28. The standard InChI is InChI=1S/C26H26O6/c1-30-21-14-13-20(24(16-21)31-2)15-22(25(27)28)26(29)32-17-23(18-9-5-3-6-10-18)19-11-7-4-8-12-19/h3-14,16,22-23H,15,17H2,1-2H3,(H,27,28). The first-order chi connectivity index (χ1) is 15.5. The fraction of sp³-hybridized carbons (Fsp3) is 0.231. The van der Waals surface area contributed by atoms with Gasteiger partial charge in [0, 0.05) is 12.0 Å². The molecule has 0 aliphatic rings. The molecular weight excluding hydrogens is 408 g/mol. The highest BCUT2D eigenvalue weighted by atomic mass is 16.5. The molecule has 0 amide bonds. The lowest BCUT2D eigenvalue weighted by Gasteiger charge is -2.20. The molecule has 0 bridgehead atoms. The number of rotatable bonds is 10. The van der Waals surface area contributed by atoms with Gasteiger partial charge in [-0.1, -0.05) is 66.7 Å². The number of methoxy groups -OCH3 is 2. The molecule has 0 saturated carbocycles. The monoisotopic (exact) mass is 434 g/mol. The number of carbonyl (C=O) groups is 2. The van der Waals surface area contributed by atoms with Gasteiger partial charge in [0.15, 0.2) is 5.92 Å². The maximum atomic E-state index is 12.8. The Morgan fingerprint density at radius 1 is 0.844 bits per heavy atom. The number of benzene rings is 3. The molecule has 3 aromatic carbocycles.